The summed E-state index contributed by atoms with van der Waals surface area (Å²) in [6.07, 6.45) is 0. The molecule has 0 spiro atoms. The van der Waals surface area contributed by atoms with E-state index in [9.17, 15) is 0 Å². The van der Waals surface area contributed by atoms with E-state index in [-0.39, 0.29) is 0 Å². The van der Waals surface area contributed by atoms with Crippen LogP contribution in [-0.2, 0) is 0 Å². The zero-order chi connectivity index (χ0) is 13.8. The molecule has 100 valence electrons. The van der Waals surface area contributed by atoms with Gasteiger partial charge in [-0.05, 0) is 19.1 Å². The van der Waals surface area contributed by atoms with Crippen molar-refractivity contribution in [3.8, 4) is 11.3 Å². The highest BCUT2D eigenvalue weighted by Crippen LogP contribution is 2.23. The van der Waals surface area contributed by atoms with Crippen molar-refractivity contribution in [2.24, 2.45) is 0 Å². The fourth-order valence-corrected chi connectivity index (χ4v) is 1.89. The Hall–Kier alpha value is -1.61. The van der Waals surface area contributed by atoms with Crippen LogP contribution < -0.4 is 5.32 Å². The number of aromatic nitrogens is 2. The third-order valence-electron chi connectivity index (χ3n) is 2.76. The Morgan fingerprint density at radius 1 is 1.16 bits per heavy atom. The fraction of sp³-hybridized carbons (Fsp3) is 0.333. The van der Waals surface area contributed by atoms with Crippen LogP contribution in [0, 0.1) is 0 Å². The zero-order valence-electron chi connectivity index (χ0n) is 11.4. The molecule has 19 heavy (non-hydrogen) atoms. The van der Waals surface area contributed by atoms with Crippen LogP contribution >= 0.6 is 11.6 Å². The van der Waals surface area contributed by atoms with Crippen LogP contribution in [0.3, 0.4) is 0 Å². The van der Waals surface area contributed by atoms with E-state index in [2.05, 4.69) is 36.1 Å². The minimum absolute atomic E-state index is 0.296. The second kappa shape index (κ2) is 6.02. The Kier molecular flexibility index (Phi) is 4.38. The number of anilines is 1. The van der Waals surface area contributed by atoms with Gasteiger partial charge in [0.05, 0.1) is 5.69 Å². The van der Waals surface area contributed by atoms with E-state index in [0.29, 0.717) is 5.92 Å². The van der Waals surface area contributed by atoms with Crippen molar-refractivity contribution >= 4 is 17.4 Å². The number of nitrogens with one attached hydrogen (secondary N) is 1. The lowest BCUT2D eigenvalue weighted by atomic mass is 10.1. The third kappa shape index (κ3) is 3.44. The lowest BCUT2D eigenvalue weighted by molar-refractivity contribution is 0.776. The molecular formula is C15H18ClN3. The summed E-state index contributed by atoms with van der Waals surface area (Å²) in [5, 5.41) is 3.98. The molecule has 0 fully saturated rings. The molecule has 2 rings (SSSR count). The van der Waals surface area contributed by atoms with Gasteiger partial charge in [0.1, 0.15) is 11.6 Å². The lowest BCUT2D eigenvalue weighted by Crippen LogP contribution is -2.05. The first-order valence-electron chi connectivity index (χ1n) is 6.49. The first-order valence-corrected chi connectivity index (χ1v) is 6.86. The summed E-state index contributed by atoms with van der Waals surface area (Å²) >= 11 is 5.92. The Bertz CT molecular complexity index is 550. The van der Waals surface area contributed by atoms with Gasteiger partial charge in [0, 0.05) is 29.1 Å². The number of halogens is 1. The molecule has 1 N–H and O–H groups in total. The highest BCUT2D eigenvalue weighted by molar-refractivity contribution is 6.30. The zero-order valence-corrected chi connectivity index (χ0v) is 12.2. The van der Waals surface area contributed by atoms with Gasteiger partial charge in [-0.3, -0.25) is 0 Å². The van der Waals surface area contributed by atoms with Gasteiger partial charge in [-0.1, -0.05) is 37.6 Å². The molecule has 0 unspecified atom stereocenters. The van der Waals surface area contributed by atoms with Crippen LogP contribution in [0.1, 0.15) is 32.5 Å². The second-order valence-electron chi connectivity index (χ2n) is 4.69. The summed E-state index contributed by atoms with van der Waals surface area (Å²) < 4.78 is 0. The molecule has 0 atom stereocenters. The van der Waals surface area contributed by atoms with Gasteiger partial charge >= 0.3 is 0 Å². The maximum atomic E-state index is 5.92. The molecule has 2 aromatic rings. The molecule has 0 aliphatic rings. The maximum Gasteiger partial charge on any atom is 0.133 e. The lowest BCUT2D eigenvalue weighted by Gasteiger charge is -2.11. The van der Waals surface area contributed by atoms with Crippen molar-refractivity contribution in [2.45, 2.75) is 26.7 Å². The fourth-order valence-electron chi connectivity index (χ4n) is 1.76. The van der Waals surface area contributed by atoms with Crippen LogP contribution in [0.4, 0.5) is 5.82 Å². The molecule has 0 amide bonds. The van der Waals surface area contributed by atoms with E-state index < -0.39 is 0 Å². The molecule has 0 saturated heterocycles. The predicted octanol–water partition coefficient (Wildman–Crippen LogP) is 4.35. The van der Waals surface area contributed by atoms with Gasteiger partial charge in [0.2, 0.25) is 0 Å². The molecule has 0 bridgehead atoms. The monoisotopic (exact) mass is 275 g/mol. The van der Waals surface area contributed by atoms with Crippen molar-refractivity contribution in [2.75, 3.05) is 11.9 Å². The molecule has 0 aliphatic heterocycles. The van der Waals surface area contributed by atoms with E-state index in [0.717, 1.165) is 34.5 Å². The Balaban J connectivity index is 2.46. The Morgan fingerprint density at radius 2 is 1.84 bits per heavy atom. The van der Waals surface area contributed by atoms with Crippen LogP contribution in [0.2, 0.25) is 5.02 Å². The minimum atomic E-state index is 0.296. The largest absolute Gasteiger partial charge is 0.370 e. The number of rotatable bonds is 4. The van der Waals surface area contributed by atoms with Gasteiger partial charge in [-0.2, -0.15) is 0 Å². The van der Waals surface area contributed by atoms with Gasteiger partial charge in [-0.25, -0.2) is 9.97 Å². The van der Waals surface area contributed by atoms with E-state index >= 15 is 0 Å². The van der Waals surface area contributed by atoms with Crippen LogP contribution in [0.25, 0.3) is 11.3 Å². The Labute approximate surface area is 119 Å². The number of hydrogen-bond donors (Lipinski definition) is 1. The molecule has 1 aromatic heterocycles. The van der Waals surface area contributed by atoms with Gasteiger partial charge in [0.25, 0.3) is 0 Å². The average molecular weight is 276 g/mol. The van der Waals surface area contributed by atoms with Crippen LogP contribution in [0.15, 0.2) is 30.3 Å². The Morgan fingerprint density at radius 3 is 2.42 bits per heavy atom. The number of hydrogen-bond acceptors (Lipinski definition) is 3. The number of benzene rings is 1. The SMILES string of the molecule is CCNc1cc(-c2ccc(Cl)cc2)nc(C(C)C)n1. The summed E-state index contributed by atoms with van der Waals surface area (Å²) in [6.45, 7) is 7.08. The van der Waals surface area contributed by atoms with Crippen molar-refractivity contribution < 1.29 is 0 Å². The first-order chi connectivity index (χ1) is 9.10. The third-order valence-corrected chi connectivity index (χ3v) is 3.01. The molecule has 3 nitrogen and oxygen atoms in total. The molecule has 0 aliphatic carbocycles. The van der Waals surface area contributed by atoms with E-state index in [1.165, 1.54) is 0 Å². The van der Waals surface area contributed by atoms with Gasteiger partial charge < -0.3 is 5.32 Å². The normalized spacial score (nSPS) is 10.8. The maximum absolute atomic E-state index is 5.92. The summed E-state index contributed by atoms with van der Waals surface area (Å²) in [6, 6.07) is 9.68. The highest BCUT2D eigenvalue weighted by atomic mass is 35.5. The topological polar surface area (TPSA) is 37.8 Å². The standard InChI is InChI=1S/C15H18ClN3/c1-4-17-14-9-13(18-15(19-14)10(2)3)11-5-7-12(16)8-6-11/h5-10H,4H2,1-3H3,(H,17,18,19). The van der Waals surface area contributed by atoms with Gasteiger partial charge in [-0.15, -0.1) is 0 Å². The van der Waals surface area contributed by atoms with Crippen LogP contribution in [0.5, 0.6) is 0 Å². The molecule has 1 aromatic carbocycles. The molecule has 4 heteroatoms. The van der Waals surface area contributed by atoms with Crippen LogP contribution in [-0.4, -0.2) is 16.5 Å². The number of nitrogens with zero attached hydrogens (tertiary/aromatic N) is 2. The van der Waals surface area contributed by atoms with E-state index in [1.807, 2.05) is 30.3 Å². The summed E-state index contributed by atoms with van der Waals surface area (Å²) in [5.41, 5.74) is 1.97. The second-order valence-corrected chi connectivity index (χ2v) is 5.12. The molecule has 1 heterocycles. The van der Waals surface area contributed by atoms with Crippen molar-refractivity contribution in [1.82, 2.24) is 9.97 Å². The molecular weight excluding hydrogens is 258 g/mol. The van der Waals surface area contributed by atoms with Crippen molar-refractivity contribution in [3.63, 3.8) is 0 Å². The first kappa shape index (κ1) is 13.8. The quantitative estimate of drug-likeness (QED) is 0.901. The van der Waals surface area contributed by atoms with Gasteiger partial charge in [0.15, 0.2) is 0 Å². The average Bonchev–Trinajstić information content (AvgIpc) is 2.39. The molecule has 0 radical (unpaired) electrons. The summed E-state index contributed by atoms with van der Waals surface area (Å²) in [4.78, 5) is 9.14. The molecule has 0 saturated carbocycles. The predicted molar refractivity (Wildman–Crippen MR) is 80.7 cm³/mol. The van der Waals surface area contributed by atoms with Crippen molar-refractivity contribution in [1.29, 1.82) is 0 Å². The van der Waals surface area contributed by atoms with E-state index in [4.69, 9.17) is 11.6 Å². The highest BCUT2D eigenvalue weighted by Gasteiger charge is 2.09. The smallest absolute Gasteiger partial charge is 0.133 e. The summed E-state index contributed by atoms with van der Waals surface area (Å²) in [5.74, 6) is 2.01. The summed E-state index contributed by atoms with van der Waals surface area (Å²) in [7, 11) is 0. The minimum Gasteiger partial charge on any atom is -0.370 e. The van der Waals surface area contributed by atoms with Crippen molar-refractivity contribution in [3.05, 3.63) is 41.2 Å². The van der Waals surface area contributed by atoms with E-state index in [1.54, 1.807) is 0 Å².